The molecule has 0 aromatic carbocycles. The average Bonchev–Trinajstić information content (AvgIpc) is 2.27. The van der Waals surface area contributed by atoms with E-state index in [9.17, 15) is 26.7 Å². The van der Waals surface area contributed by atoms with E-state index >= 15 is 0 Å². The highest BCUT2D eigenvalue weighted by Crippen LogP contribution is 2.32. The van der Waals surface area contributed by atoms with Crippen LogP contribution in [0, 0.1) is 0 Å². The van der Waals surface area contributed by atoms with Gasteiger partial charge < -0.3 is 4.74 Å². The lowest BCUT2D eigenvalue weighted by Crippen LogP contribution is -2.18. The van der Waals surface area contributed by atoms with Gasteiger partial charge in [-0.05, 0) is 19.1 Å². The number of halogens is 5. The Morgan fingerprint density at radius 2 is 2.00 bits per heavy atom. The topological polar surface area (TPSA) is 39.2 Å². The predicted molar refractivity (Wildman–Crippen MR) is 50.2 cm³/mol. The Morgan fingerprint density at radius 1 is 1.39 bits per heavy atom. The highest BCUT2D eigenvalue weighted by Gasteiger charge is 2.37. The molecule has 1 rings (SSSR count). The van der Waals surface area contributed by atoms with Crippen molar-refractivity contribution in [2.24, 2.45) is 0 Å². The lowest BCUT2D eigenvalue weighted by molar-refractivity contribution is -0.138. The van der Waals surface area contributed by atoms with E-state index in [1.54, 1.807) is 0 Å². The Morgan fingerprint density at radius 3 is 2.44 bits per heavy atom. The van der Waals surface area contributed by atoms with Gasteiger partial charge in [-0.3, -0.25) is 0 Å². The molecule has 0 unspecified atom stereocenters. The Balaban J connectivity index is 3.31. The zero-order valence-corrected chi connectivity index (χ0v) is 9.09. The van der Waals surface area contributed by atoms with Gasteiger partial charge in [0.1, 0.15) is 5.69 Å². The van der Waals surface area contributed by atoms with Gasteiger partial charge in [0.25, 0.3) is 6.43 Å². The summed E-state index contributed by atoms with van der Waals surface area (Å²) in [6.07, 6.45) is -7.93. The monoisotopic (exact) mass is 269 g/mol. The van der Waals surface area contributed by atoms with Gasteiger partial charge >= 0.3 is 12.1 Å². The first-order valence-corrected chi connectivity index (χ1v) is 4.80. The Hall–Kier alpha value is -1.73. The van der Waals surface area contributed by atoms with Crippen molar-refractivity contribution in [1.82, 2.24) is 4.98 Å². The summed E-state index contributed by atoms with van der Waals surface area (Å²) in [5.41, 5.74) is -3.46. The van der Waals surface area contributed by atoms with Crippen LogP contribution in [0.2, 0.25) is 0 Å². The number of esters is 1. The Kier molecular flexibility index (Phi) is 4.20. The minimum atomic E-state index is -4.87. The number of nitrogens with zero attached hydrogens (tertiary/aromatic N) is 1. The molecule has 0 bridgehead atoms. The third-order valence-electron chi connectivity index (χ3n) is 1.91. The van der Waals surface area contributed by atoms with Crippen LogP contribution in [-0.4, -0.2) is 17.6 Å². The second kappa shape index (κ2) is 5.28. The normalized spacial score (nSPS) is 11.7. The molecule has 1 aromatic rings. The molecule has 0 saturated heterocycles. The molecule has 8 heteroatoms. The molecular weight excluding hydrogens is 261 g/mol. The Bertz CT molecular complexity index is 444. The van der Waals surface area contributed by atoms with Gasteiger partial charge in [-0.2, -0.15) is 13.2 Å². The molecule has 0 amide bonds. The fourth-order valence-electron chi connectivity index (χ4n) is 1.18. The van der Waals surface area contributed by atoms with Crippen LogP contribution in [-0.2, 0) is 10.9 Å². The van der Waals surface area contributed by atoms with E-state index in [1.165, 1.54) is 6.92 Å². The zero-order chi connectivity index (χ0) is 13.9. The van der Waals surface area contributed by atoms with E-state index < -0.39 is 35.5 Å². The van der Waals surface area contributed by atoms with Crippen LogP contribution in [0.1, 0.15) is 35.1 Å². The molecule has 1 heterocycles. The fourth-order valence-corrected chi connectivity index (χ4v) is 1.18. The SMILES string of the molecule is CCOC(=O)c1nc(C(F)F)ccc1C(F)(F)F. The van der Waals surface area contributed by atoms with Crippen molar-refractivity contribution in [2.75, 3.05) is 6.61 Å². The lowest BCUT2D eigenvalue weighted by atomic mass is 10.1. The highest BCUT2D eigenvalue weighted by atomic mass is 19.4. The molecule has 0 saturated carbocycles. The van der Waals surface area contributed by atoms with Gasteiger partial charge in [-0.15, -0.1) is 0 Å². The summed E-state index contributed by atoms with van der Waals surface area (Å²) < 4.78 is 66.6. The smallest absolute Gasteiger partial charge is 0.418 e. The highest BCUT2D eigenvalue weighted by molar-refractivity contribution is 5.89. The van der Waals surface area contributed by atoms with E-state index in [1.807, 2.05) is 0 Å². The van der Waals surface area contributed by atoms with Crippen LogP contribution in [0.15, 0.2) is 12.1 Å². The molecule has 18 heavy (non-hydrogen) atoms. The first-order valence-electron chi connectivity index (χ1n) is 4.80. The number of aromatic nitrogens is 1. The van der Waals surface area contributed by atoms with E-state index in [4.69, 9.17) is 0 Å². The van der Waals surface area contributed by atoms with E-state index in [-0.39, 0.29) is 6.61 Å². The van der Waals surface area contributed by atoms with Crippen molar-refractivity contribution in [1.29, 1.82) is 0 Å². The van der Waals surface area contributed by atoms with E-state index in [0.717, 1.165) is 0 Å². The summed E-state index contributed by atoms with van der Waals surface area (Å²) in [5.74, 6) is -1.38. The van der Waals surface area contributed by atoms with Crippen molar-refractivity contribution in [2.45, 2.75) is 19.5 Å². The van der Waals surface area contributed by atoms with Crippen LogP contribution in [0.3, 0.4) is 0 Å². The molecule has 0 fully saturated rings. The molecule has 0 aliphatic rings. The van der Waals surface area contributed by atoms with Gasteiger partial charge in [0.2, 0.25) is 0 Å². The van der Waals surface area contributed by atoms with Crippen LogP contribution >= 0.6 is 0 Å². The maximum atomic E-state index is 12.5. The minimum absolute atomic E-state index is 0.184. The van der Waals surface area contributed by atoms with Gasteiger partial charge in [-0.25, -0.2) is 18.6 Å². The quantitative estimate of drug-likeness (QED) is 0.624. The average molecular weight is 269 g/mol. The molecule has 0 radical (unpaired) electrons. The zero-order valence-electron chi connectivity index (χ0n) is 9.09. The minimum Gasteiger partial charge on any atom is -0.461 e. The summed E-state index contributed by atoms with van der Waals surface area (Å²) >= 11 is 0. The van der Waals surface area contributed by atoms with Crippen LogP contribution < -0.4 is 0 Å². The number of carbonyl (C=O) groups is 1. The van der Waals surface area contributed by atoms with E-state index in [0.29, 0.717) is 12.1 Å². The van der Waals surface area contributed by atoms with Gasteiger partial charge in [-0.1, -0.05) is 0 Å². The number of hydrogen-bond acceptors (Lipinski definition) is 3. The van der Waals surface area contributed by atoms with Gasteiger partial charge in [0.05, 0.1) is 12.2 Å². The molecule has 1 aromatic heterocycles. The molecule has 0 aliphatic heterocycles. The predicted octanol–water partition coefficient (Wildman–Crippen LogP) is 3.21. The maximum absolute atomic E-state index is 12.5. The van der Waals surface area contributed by atoms with Crippen LogP contribution in [0.25, 0.3) is 0 Å². The summed E-state index contributed by atoms with van der Waals surface area (Å²) in [6, 6.07) is 0.914. The lowest BCUT2D eigenvalue weighted by Gasteiger charge is -2.12. The molecule has 0 N–H and O–H groups in total. The number of alkyl halides is 5. The number of pyridine rings is 1. The third kappa shape index (κ3) is 3.14. The second-order valence-corrected chi connectivity index (χ2v) is 3.15. The molecule has 0 aliphatic carbocycles. The van der Waals surface area contributed by atoms with Crippen molar-refractivity contribution in [3.8, 4) is 0 Å². The maximum Gasteiger partial charge on any atom is 0.418 e. The number of rotatable bonds is 3. The van der Waals surface area contributed by atoms with E-state index in [2.05, 4.69) is 9.72 Å². The summed E-state index contributed by atoms with van der Waals surface area (Å²) in [4.78, 5) is 14.3. The van der Waals surface area contributed by atoms with Crippen molar-refractivity contribution >= 4 is 5.97 Å². The number of ether oxygens (including phenoxy) is 1. The first-order chi connectivity index (χ1) is 8.27. The van der Waals surface area contributed by atoms with Crippen molar-refractivity contribution < 1.29 is 31.5 Å². The number of carbonyl (C=O) groups excluding carboxylic acids is 1. The third-order valence-corrected chi connectivity index (χ3v) is 1.91. The van der Waals surface area contributed by atoms with Gasteiger partial charge in [0.15, 0.2) is 5.69 Å². The van der Waals surface area contributed by atoms with Crippen LogP contribution in [0.5, 0.6) is 0 Å². The molecular formula is C10H8F5NO2. The van der Waals surface area contributed by atoms with Gasteiger partial charge in [0, 0.05) is 0 Å². The van der Waals surface area contributed by atoms with Crippen LogP contribution in [0.4, 0.5) is 22.0 Å². The second-order valence-electron chi connectivity index (χ2n) is 3.15. The van der Waals surface area contributed by atoms with Crippen molar-refractivity contribution in [3.63, 3.8) is 0 Å². The molecule has 100 valence electrons. The summed E-state index contributed by atoms with van der Waals surface area (Å²) in [6.45, 7) is 1.19. The summed E-state index contributed by atoms with van der Waals surface area (Å²) in [7, 11) is 0. The fraction of sp³-hybridized carbons (Fsp3) is 0.400. The Labute approximate surface area is 98.6 Å². The molecule has 3 nitrogen and oxygen atoms in total. The first kappa shape index (κ1) is 14.3. The largest absolute Gasteiger partial charge is 0.461 e. The number of hydrogen-bond donors (Lipinski definition) is 0. The standard InChI is InChI=1S/C10H8F5NO2/c1-2-18-9(17)7-5(10(13,14)15)3-4-6(16-7)8(11)12/h3-4,8H,2H2,1H3. The molecule has 0 atom stereocenters. The summed E-state index contributed by atoms with van der Waals surface area (Å²) in [5, 5.41) is 0. The molecule has 0 spiro atoms. The van der Waals surface area contributed by atoms with Crippen molar-refractivity contribution in [3.05, 3.63) is 29.1 Å².